The van der Waals surface area contributed by atoms with E-state index in [0.717, 1.165) is 41.9 Å². The summed E-state index contributed by atoms with van der Waals surface area (Å²) in [4.78, 5) is 12.2. The van der Waals surface area contributed by atoms with Crippen molar-refractivity contribution in [3.05, 3.63) is 30.0 Å². The van der Waals surface area contributed by atoms with Gasteiger partial charge < -0.3 is 19.8 Å². The number of halogens is 1. The van der Waals surface area contributed by atoms with E-state index < -0.39 is 0 Å². The minimum atomic E-state index is -0.170. The molecule has 0 spiro atoms. The van der Waals surface area contributed by atoms with E-state index in [0.29, 0.717) is 6.61 Å². The highest BCUT2D eigenvalue weighted by molar-refractivity contribution is 5.85. The van der Waals surface area contributed by atoms with Gasteiger partial charge in [0.15, 0.2) is 11.3 Å². The van der Waals surface area contributed by atoms with Gasteiger partial charge in [-0.1, -0.05) is 12.1 Å². The molecule has 1 saturated heterocycles. The highest BCUT2D eigenvalue weighted by Crippen LogP contribution is 2.31. The summed E-state index contributed by atoms with van der Waals surface area (Å²) in [5.41, 5.74) is 0.736. The molecule has 2 atom stereocenters. The van der Waals surface area contributed by atoms with Gasteiger partial charge in [-0.3, -0.25) is 4.79 Å². The summed E-state index contributed by atoms with van der Waals surface area (Å²) in [6.45, 7) is 5.38. The average Bonchev–Trinajstić information content (AvgIpc) is 3.17. The number of para-hydroxylation sites is 1. The Kier molecular flexibility index (Phi) is 5.91. The molecule has 1 aliphatic rings. The van der Waals surface area contributed by atoms with Crippen LogP contribution in [0.2, 0.25) is 0 Å². The van der Waals surface area contributed by atoms with Crippen LogP contribution in [0.25, 0.3) is 11.0 Å². The minimum Gasteiger partial charge on any atom is -0.490 e. The summed E-state index contributed by atoms with van der Waals surface area (Å²) in [6, 6.07) is 7.54. The summed E-state index contributed by atoms with van der Waals surface area (Å²) < 4.78 is 11.5. The van der Waals surface area contributed by atoms with Crippen LogP contribution in [0.5, 0.6) is 5.75 Å². The Morgan fingerprint density at radius 1 is 1.52 bits per heavy atom. The van der Waals surface area contributed by atoms with E-state index in [1.54, 1.807) is 0 Å². The zero-order chi connectivity index (χ0) is 15.5. The molecule has 23 heavy (non-hydrogen) atoms. The Morgan fingerprint density at radius 2 is 2.35 bits per heavy atom. The number of hydrogen-bond donors (Lipinski definition) is 2. The van der Waals surface area contributed by atoms with E-state index in [9.17, 15) is 4.79 Å². The van der Waals surface area contributed by atoms with Gasteiger partial charge in [-0.15, -0.1) is 12.4 Å². The van der Waals surface area contributed by atoms with Crippen molar-refractivity contribution in [2.45, 2.75) is 38.8 Å². The van der Waals surface area contributed by atoms with E-state index in [4.69, 9.17) is 9.15 Å². The van der Waals surface area contributed by atoms with Crippen LogP contribution in [0.1, 0.15) is 38.5 Å². The van der Waals surface area contributed by atoms with Crippen molar-refractivity contribution < 1.29 is 13.9 Å². The maximum absolute atomic E-state index is 12.2. The summed E-state index contributed by atoms with van der Waals surface area (Å²) in [6.07, 6.45) is 1.95. The zero-order valence-corrected chi connectivity index (χ0v) is 14.2. The first-order valence-electron chi connectivity index (χ1n) is 7.88. The SMILES string of the molecule is CCOc1cccc2cc(C(C)NC(=O)C3CCCN3)oc12.Cl. The number of carbonyl (C=O) groups excluding carboxylic acids is 1. The van der Waals surface area contributed by atoms with Gasteiger partial charge in [0, 0.05) is 5.39 Å². The fraction of sp³-hybridized carbons (Fsp3) is 0.471. The molecule has 1 aliphatic heterocycles. The molecule has 3 rings (SSSR count). The fourth-order valence-electron chi connectivity index (χ4n) is 2.83. The minimum absolute atomic E-state index is 0. The molecule has 2 unspecified atom stereocenters. The largest absolute Gasteiger partial charge is 0.490 e. The maximum Gasteiger partial charge on any atom is 0.237 e. The Morgan fingerprint density at radius 3 is 3.04 bits per heavy atom. The van der Waals surface area contributed by atoms with Crippen LogP contribution >= 0.6 is 12.4 Å². The highest BCUT2D eigenvalue weighted by atomic mass is 35.5. The Balaban J connectivity index is 0.00000192. The fourth-order valence-corrected chi connectivity index (χ4v) is 2.83. The first-order valence-corrected chi connectivity index (χ1v) is 7.88. The Bertz CT molecular complexity index is 665. The van der Waals surface area contributed by atoms with Crippen molar-refractivity contribution in [2.75, 3.05) is 13.2 Å². The van der Waals surface area contributed by atoms with Gasteiger partial charge in [-0.2, -0.15) is 0 Å². The van der Waals surface area contributed by atoms with Crippen LogP contribution in [0.15, 0.2) is 28.7 Å². The second-order valence-electron chi connectivity index (χ2n) is 5.64. The zero-order valence-electron chi connectivity index (χ0n) is 13.4. The smallest absolute Gasteiger partial charge is 0.237 e. The van der Waals surface area contributed by atoms with Gasteiger partial charge in [-0.25, -0.2) is 0 Å². The van der Waals surface area contributed by atoms with Crippen LogP contribution < -0.4 is 15.4 Å². The van der Waals surface area contributed by atoms with Crippen molar-refractivity contribution in [3.8, 4) is 5.75 Å². The van der Waals surface area contributed by atoms with E-state index in [-0.39, 0.29) is 30.4 Å². The second kappa shape index (κ2) is 7.70. The Labute approximate surface area is 142 Å². The molecule has 1 aromatic carbocycles. The topological polar surface area (TPSA) is 63.5 Å². The lowest BCUT2D eigenvalue weighted by Gasteiger charge is -2.15. The summed E-state index contributed by atoms with van der Waals surface area (Å²) in [5, 5.41) is 7.20. The first-order chi connectivity index (χ1) is 10.7. The maximum atomic E-state index is 12.2. The van der Waals surface area contributed by atoms with Crippen molar-refractivity contribution in [2.24, 2.45) is 0 Å². The van der Waals surface area contributed by atoms with Gasteiger partial charge in [-0.05, 0) is 45.4 Å². The molecule has 126 valence electrons. The number of benzene rings is 1. The lowest BCUT2D eigenvalue weighted by molar-refractivity contribution is -0.123. The quantitative estimate of drug-likeness (QED) is 0.879. The van der Waals surface area contributed by atoms with Crippen LogP contribution in [0.3, 0.4) is 0 Å². The first kappa shape index (κ1) is 17.6. The third-order valence-electron chi connectivity index (χ3n) is 3.99. The molecule has 2 heterocycles. The van der Waals surface area contributed by atoms with Crippen molar-refractivity contribution in [3.63, 3.8) is 0 Å². The van der Waals surface area contributed by atoms with Crippen LogP contribution in [0, 0.1) is 0 Å². The molecule has 2 N–H and O–H groups in total. The van der Waals surface area contributed by atoms with E-state index >= 15 is 0 Å². The number of amides is 1. The standard InChI is InChI=1S/C17H22N2O3.ClH/c1-3-21-14-8-4-6-12-10-15(22-16(12)14)11(2)19-17(20)13-7-5-9-18-13;/h4,6,8,10-11,13,18H,3,5,7,9H2,1-2H3,(H,19,20);1H. The van der Waals surface area contributed by atoms with Crippen molar-refractivity contribution >= 4 is 29.3 Å². The molecule has 0 saturated carbocycles. The number of furan rings is 1. The molecular weight excluding hydrogens is 316 g/mol. The summed E-state index contributed by atoms with van der Waals surface area (Å²) in [7, 11) is 0. The Hall–Kier alpha value is -1.72. The molecule has 6 heteroatoms. The average molecular weight is 339 g/mol. The molecule has 1 amide bonds. The molecule has 2 aromatic rings. The van der Waals surface area contributed by atoms with E-state index in [2.05, 4.69) is 10.6 Å². The molecule has 0 aliphatic carbocycles. The molecule has 0 bridgehead atoms. The predicted octanol–water partition coefficient (Wildman–Crippen LogP) is 3.18. The number of carbonyl (C=O) groups is 1. The molecule has 1 fully saturated rings. The molecule has 0 radical (unpaired) electrons. The molecule has 1 aromatic heterocycles. The monoisotopic (exact) mass is 338 g/mol. The number of ether oxygens (including phenoxy) is 1. The van der Waals surface area contributed by atoms with Gasteiger partial charge in [0.25, 0.3) is 0 Å². The number of hydrogen-bond acceptors (Lipinski definition) is 4. The molecular formula is C17H23ClN2O3. The molecule has 5 nitrogen and oxygen atoms in total. The third-order valence-corrected chi connectivity index (χ3v) is 3.99. The number of nitrogens with one attached hydrogen (secondary N) is 2. The van der Waals surface area contributed by atoms with Crippen molar-refractivity contribution in [1.29, 1.82) is 0 Å². The lowest BCUT2D eigenvalue weighted by Crippen LogP contribution is -2.41. The summed E-state index contributed by atoms with van der Waals surface area (Å²) in [5.74, 6) is 1.52. The predicted molar refractivity (Wildman–Crippen MR) is 92.2 cm³/mol. The van der Waals surface area contributed by atoms with Gasteiger partial charge >= 0.3 is 0 Å². The third kappa shape index (κ3) is 3.79. The number of rotatable bonds is 5. The van der Waals surface area contributed by atoms with Crippen molar-refractivity contribution in [1.82, 2.24) is 10.6 Å². The van der Waals surface area contributed by atoms with Gasteiger partial charge in [0.05, 0.1) is 18.7 Å². The van der Waals surface area contributed by atoms with Crippen LogP contribution in [0.4, 0.5) is 0 Å². The summed E-state index contributed by atoms with van der Waals surface area (Å²) >= 11 is 0. The van der Waals surface area contributed by atoms with Gasteiger partial charge in [0.2, 0.25) is 5.91 Å². The van der Waals surface area contributed by atoms with Crippen LogP contribution in [-0.4, -0.2) is 25.1 Å². The number of fused-ring (bicyclic) bond motifs is 1. The lowest BCUT2D eigenvalue weighted by atomic mass is 10.1. The van der Waals surface area contributed by atoms with Gasteiger partial charge in [0.1, 0.15) is 5.76 Å². The van der Waals surface area contributed by atoms with Crippen LogP contribution in [-0.2, 0) is 4.79 Å². The van der Waals surface area contributed by atoms with E-state index in [1.165, 1.54) is 0 Å². The van der Waals surface area contributed by atoms with E-state index in [1.807, 2.05) is 38.1 Å². The second-order valence-corrected chi connectivity index (χ2v) is 5.64. The normalized spacial score (nSPS) is 18.4. The highest BCUT2D eigenvalue weighted by Gasteiger charge is 2.24.